The van der Waals surface area contributed by atoms with Crippen molar-refractivity contribution in [3.8, 4) is 0 Å². The van der Waals surface area contributed by atoms with Crippen LogP contribution in [-0.4, -0.2) is 26.4 Å². The molecule has 0 aliphatic heterocycles. The van der Waals surface area contributed by atoms with Crippen LogP contribution in [0.25, 0.3) is 0 Å². The van der Waals surface area contributed by atoms with Crippen LogP contribution >= 0.6 is 0 Å². The van der Waals surface area contributed by atoms with E-state index in [-0.39, 0.29) is 46.9 Å². The van der Waals surface area contributed by atoms with E-state index in [1.807, 2.05) is 0 Å². The largest absolute Gasteiger partial charge is 3.00 e. The Bertz CT molecular complexity index is 27.2. The molecule has 0 saturated heterocycles. The Kier molecular flexibility index (Phi) is 12.9. The predicted molar refractivity (Wildman–Crippen MR) is 11.5 cm³/mol. The third-order valence-electron chi connectivity index (χ3n) is 0. The van der Waals surface area contributed by atoms with Crippen molar-refractivity contribution in [3.63, 3.8) is 0 Å². The van der Waals surface area contributed by atoms with Gasteiger partial charge in [-0.15, -0.1) is 0 Å². The average molecular weight is 142 g/mol. The van der Waals surface area contributed by atoms with E-state index in [2.05, 4.69) is 0 Å². The van der Waals surface area contributed by atoms with E-state index in [1.54, 1.807) is 0 Å². The molecule has 7 heteroatoms. The maximum atomic E-state index is 8.58. The van der Waals surface area contributed by atoms with Gasteiger partial charge >= 0.3 is 46.9 Å². The molecule has 0 saturated carbocycles. The van der Waals surface area contributed by atoms with E-state index < -0.39 is 9.05 Å². The van der Waals surface area contributed by atoms with Crippen molar-refractivity contribution in [2.45, 2.75) is 0 Å². The van der Waals surface area contributed by atoms with Crippen LogP contribution < -0.4 is 48.7 Å². The smallest absolute Gasteiger partial charge is 0.894 e. The van der Waals surface area contributed by atoms with Gasteiger partial charge in [-0.1, -0.05) is 0 Å². The molecule has 7 heavy (non-hydrogen) atoms. The van der Waals surface area contributed by atoms with Crippen molar-refractivity contribution < 1.29 is 48.7 Å². The van der Waals surface area contributed by atoms with Crippen LogP contribution in [0.1, 0.15) is 0 Å². The van der Waals surface area contributed by atoms with Crippen LogP contribution in [0, 0.1) is 0 Å². The van der Waals surface area contributed by atoms with Gasteiger partial charge in [-0.2, -0.15) is 0 Å². The van der Waals surface area contributed by atoms with Crippen molar-refractivity contribution >= 4 is 26.4 Å². The molecule has 0 heterocycles. The second-order valence-corrected chi connectivity index (χ2v) is 1.50. The van der Waals surface area contributed by atoms with Gasteiger partial charge in [-0.25, -0.2) is 0 Å². The van der Waals surface area contributed by atoms with Crippen LogP contribution in [0.3, 0.4) is 0 Å². The fraction of sp³-hybridized carbons (Fsp3) is 0. The summed E-state index contributed by atoms with van der Waals surface area (Å²) < 4.78 is 0. The molecule has 4 nitrogen and oxygen atoms in total. The summed E-state index contributed by atoms with van der Waals surface area (Å²) in [5.41, 5.74) is 0. The quantitative estimate of drug-likeness (QED) is 0.314. The van der Waals surface area contributed by atoms with Crippen molar-refractivity contribution in [1.29, 1.82) is 0 Å². The van der Waals surface area contributed by atoms with Crippen LogP contribution in [0.2, 0.25) is 0 Å². The molecule has 0 radical (unpaired) electrons. The normalized spacial score (nSPS) is 8.57. The summed E-state index contributed by atoms with van der Waals surface area (Å²) in [4.78, 5) is 34.3. The van der Waals surface area contributed by atoms with E-state index in [0.717, 1.165) is 0 Å². The minimum Gasteiger partial charge on any atom is -0.894 e. The SMILES string of the molecule is [Al+3].[Na+].[O-][Si]([O-])([O-])[O-]. The fourth-order valence-corrected chi connectivity index (χ4v) is 0. The Morgan fingerprint density at radius 1 is 0.857 bits per heavy atom. The summed E-state index contributed by atoms with van der Waals surface area (Å²) in [6.07, 6.45) is 0. The maximum Gasteiger partial charge on any atom is 3.00 e. The number of hydrogen-bond donors (Lipinski definition) is 0. The monoisotopic (exact) mass is 142 g/mol. The van der Waals surface area contributed by atoms with Crippen molar-refractivity contribution in [1.82, 2.24) is 0 Å². The van der Waals surface area contributed by atoms with E-state index in [0.29, 0.717) is 0 Å². The average Bonchev–Trinajstić information content (AvgIpc) is 0.722. The topological polar surface area (TPSA) is 92.2 Å². The Balaban J connectivity index is -0.0000000800. The van der Waals surface area contributed by atoms with Crippen molar-refractivity contribution in [2.24, 2.45) is 0 Å². The molecular weight excluding hydrogens is 142 g/mol. The Morgan fingerprint density at radius 3 is 0.857 bits per heavy atom. The molecule has 0 atom stereocenters. The summed E-state index contributed by atoms with van der Waals surface area (Å²) in [6.45, 7) is 0. The van der Waals surface area contributed by atoms with E-state index >= 15 is 0 Å². The number of rotatable bonds is 0. The van der Waals surface area contributed by atoms with Crippen LogP contribution in [0.5, 0.6) is 0 Å². The molecule has 0 aromatic carbocycles. The molecule has 0 spiro atoms. The molecule has 0 fully saturated rings. The van der Waals surface area contributed by atoms with Crippen LogP contribution in [0.15, 0.2) is 0 Å². The molecule has 0 rings (SSSR count). The first-order valence-corrected chi connectivity index (χ1v) is 2.45. The van der Waals surface area contributed by atoms with Gasteiger partial charge in [0.15, 0.2) is 0 Å². The predicted octanol–water partition coefficient (Wildman–Crippen LogP) is -8.51. The maximum absolute atomic E-state index is 8.58. The molecule has 32 valence electrons. The Hall–Kier alpha value is 1.59. The summed E-state index contributed by atoms with van der Waals surface area (Å²) in [5.74, 6) is 0. The molecule has 0 bridgehead atoms. The van der Waals surface area contributed by atoms with E-state index in [4.69, 9.17) is 19.2 Å². The van der Waals surface area contributed by atoms with Gasteiger partial charge in [0, 0.05) is 0 Å². The van der Waals surface area contributed by atoms with Gasteiger partial charge in [0.2, 0.25) is 0 Å². The number of hydrogen-bond acceptors (Lipinski definition) is 4. The van der Waals surface area contributed by atoms with Gasteiger partial charge in [-0.05, 0) is 0 Å². The second kappa shape index (κ2) is 5.72. The Morgan fingerprint density at radius 2 is 0.857 bits per heavy atom. The summed E-state index contributed by atoms with van der Waals surface area (Å²) in [7, 11) is -5.61. The van der Waals surface area contributed by atoms with E-state index in [1.165, 1.54) is 0 Å². The first kappa shape index (κ1) is 15.8. The molecule has 0 aliphatic carbocycles. The minimum absolute atomic E-state index is 0. The van der Waals surface area contributed by atoms with Crippen molar-refractivity contribution in [2.75, 3.05) is 0 Å². The van der Waals surface area contributed by atoms with Gasteiger partial charge in [0.25, 0.3) is 0 Å². The zero-order chi connectivity index (χ0) is 4.50. The van der Waals surface area contributed by atoms with Gasteiger partial charge in [-0.3, -0.25) is 0 Å². The molecule has 0 aliphatic rings. The third kappa shape index (κ3) is 93.9. The first-order chi connectivity index (χ1) is 2.00. The van der Waals surface area contributed by atoms with Gasteiger partial charge in [0.05, 0.1) is 0 Å². The molecule has 0 aromatic rings. The standard InChI is InChI=1S/Al.Na.O4Si/c;;1-5(2,3)4/q+3;+1;-4. The molecule has 0 N–H and O–H groups in total. The van der Waals surface area contributed by atoms with Crippen LogP contribution in [-0.2, 0) is 0 Å². The Labute approximate surface area is 74.7 Å². The fourth-order valence-electron chi connectivity index (χ4n) is 0. The molecule has 0 amide bonds. The van der Waals surface area contributed by atoms with Gasteiger partial charge in [0.1, 0.15) is 0 Å². The summed E-state index contributed by atoms with van der Waals surface area (Å²) in [5, 5.41) is 0. The second-order valence-electron chi connectivity index (χ2n) is 0.500. The third-order valence-corrected chi connectivity index (χ3v) is 0. The van der Waals surface area contributed by atoms with Gasteiger partial charge < -0.3 is 28.2 Å². The first-order valence-electron chi connectivity index (χ1n) is 0.816. The van der Waals surface area contributed by atoms with Crippen LogP contribution in [0.4, 0.5) is 0 Å². The summed E-state index contributed by atoms with van der Waals surface area (Å²) >= 11 is 0. The zero-order valence-electron chi connectivity index (χ0n) is 3.71. The zero-order valence-corrected chi connectivity index (χ0v) is 7.87. The molecule has 0 aromatic heterocycles. The molecular formula is AlNaO4Si. The molecule has 0 unspecified atom stereocenters. The minimum atomic E-state index is -5.61. The van der Waals surface area contributed by atoms with Crippen molar-refractivity contribution in [3.05, 3.63) is 0 Å². The summed E-state index contributed by atoms with van der Waals surface area (Å²) in [6, 6.07) is 0. The van der Waals surface area contributed by atoms with E-state index in [9.17, 15) is 0 Å².